The lowest BCUT2D eigenvalue weighted by Gasteiger charge is -2.31. The second-order valence-electron chi connectivity index (χ2n) is 7.39. The van der Waals surface area contributed by atoms with E-state index in [1.807, 2.05) is 4.90 Å². The molecule has 5 rings (SSSR count). The Morgan fingerprint density at radius 1 is 1.20 bits per heavy atom. The molecule has 1 saturated carbocycles. The quantitative estimate of drug-likeness (QED) is 0.831. The summed E-state index contributed by atoms with van der Waals surface area (Å²) in [5.74, 6) is 0.689. The highest BCUT2D eigenvalue weighted by Crippen LogP contribution is 2.34. The number of amides is 1. The molecule has 2 fully saturated rings. The van der Waals surface area contributed by atoms with Crippen LogP contribution in [0.3, 0.4) is 0 Å². The number of thiazole rings is 1. The third-order valence-electron chi connectivity index (χ3n) is 5.56. The molecule has 1 aromatic heterocycles. The normalized spacial score (nSPS) is 23.1. The van der Waals surface area contributed by atoms with Crippen molar-refractivity contribution in [3.05, 3.63) is 34.5 Å². The van der Waals surface area contributed by atoms with Crippen LogP contribution < -0.4 is 4.74 Å². The molecule has 0 unspecified atom stereocenters. The molecule has 0 spiro atoms. The fourth-order valence-corrected chi connectivity index (χ4v) is 4.80. The molecule has 1 amide bonds. The van der Waals surface area contributed by atoms with Crippen LogP contribution in [-0.4, -0.2) is 46.4 Å². The Balaban J connectivity index is 1.17. The number of ether oxygens (including phenoxy) is 1. The Morgan fingerprint density at radius 3 is 2.68 bits per heavy atom. The van der Waals surface area contributed by atoms with Gasteiger partial charge in [-0.15, -0.1) is 0 Å². The summed E-state index contributed by atoms with van der Waals surface area (Å²) in [5, 5.41) is 0.817. The summed E-state index contributed by atoms with van der Waals surface area (Å²) in [6.07, 6.45) is 11.6. The highest BCUT2D eigenvalue weighted by atomic mass is 32.1. The van der Waals surface area contributed by atoms with Crippen molar-refractivity contribution in [2.24, 2.45) is 5.92 Å². The molecule has 3 heterocycles. The number of fused-ring (bicyclic) bond motifs is 1. The van der Waals surface area contributed by atoms with Crippen LogP contribution in [0.4, 0.5) is 0 Å². The SMILES string of the molecule is O=C(C1CC1)N1CCC(Oc2nc3c(s2)CN(C2=CC=C2)CC3)CC1. The van der Waals surface area contributed by atoms with Crippen molar-refractivity contribution in [1.29, 1.82) is 0 Å². The number of carbonyl (C=O) groups excluding carboxylic acids is 1. The number of piperidine rings is 1. The van der Waals surface area contributed by atoms with Gasteiger partial charge in [0.15, 0.2) is 0 Å². The summed E-state index contributed by atoms with van der Waals surface area (Å²) in [7, 11) is 0. The third-order valence-corrected chi connectivity index (χ3v) is 6.53. The van der Waals surface area contributed by atoms with Gasteiger partial charge >= 0.3 is 0 Å². The summed E-state index contributed by atoms with van der Waals surface area (Å²) < 4.78 is 6.17. The Bertz CT molecular complexity index is 742. The molecule has 6 heteroatoms. The first-order chi connectivity index (χ1) is 12.3. The van der Waals surface area contributed by atoms with E-state index in [4.69, 9.17) is 9.72 Å². The summed E-state index contributed by atoms with van der Waals surface area (Å²) >= 11 is 1.70. The fourth-order valence-electron chi connectivity index (χ4n) is 3.76. The Labute approximate surface area is 152 Å². The monoisotopic (exact) mass is 357 g/mol. The lowest BCUT2D eigenvalue weighted by Crippen LogP contribution is -2.42. The highest BCUT2D eigenvalue weighted by molar-refractivity contribution is 7.13. The molecule has 0 atom stereocenters. The fraction of sp³-hybridized carbons (Fsp3) is 0.579. The number of hydrogen-bond donors (Lipinski definition) is 0. The first kappa shape index (κ1) is 15.4. The number of nitrogens with zero attached hydrogens (tertiary/aromatic N) is 3. The smallest absolute Gasteiger partial charge is 0.273 e. The first-order valence-corrected chi connectivity index (χ1v) is 10.2. The van der Waals surface area contributed by atoms with Gasteiger partial charge in [-0.3, -0.25) is 4.79 Å². The van der Waals surface area contributed by atoms with E-state index in [0.29, 0.717) is 11.8 Å². The van der Waals surface area contributed by atoms with E-state index in [-0.39, 0.29) is 6.10 Å². The van der Waals surface area contributed by atoms with Gasteiger partial charge in [0, 0.05) is 50.5 Å². The molecule has 1 aromatic rings. The average Bonchev–Trinajstić information content (AvgIpc) is 3.34. The molecular weight excluding hydrogens is 334 g/mol. The summed E-state index contributed by atoms with van der Waals surface area (Å²) in [4.78, 5) is 22.6. The molecule has 2 aliphatic heterocycles. The number of aromatic nitrogens is 1. The van der Waals surface area contributed by atoms with Crippen LogP contribution in [0.5, 0.6) is 5.19 Å². The minimum absolute atomic E-state index is 0.198. The van der Waals surface area contributed by atoms with Crippen molar-refractivity contribution in [3.8, 4) is 5.19 Å². The van der Waals surface area contributed by atoms with Crippen LogP contribution in [0.25, 0.3) is 0 Å². The summed E-state index contributed by atoms with van der Waals surface area (Å²) in [5.41, 5.74) is 2.54. The number of hydrogen-bond acceptors (Lipinski definition) is 5. The van der Waals surface area contributed by atoms with E-state index in [2.05, 4.69) is 23.1 Å². The second-order valence-corrected chi connectivity index (χ2v) is 8.43. The molecular formula is C19H23N3O2S. The zero-order valence-electron chi connectivity index (χ0n) is 14.3. The first-order valence-electron chi connectivity index (χ1n) is 9.33. The van der Waals surface area contributed by atoms with Crippen LogP contribution in [0.1, 0.15) is 36.3 Å². The van der Waals surface area contributed by atoms with Crippen LogP contribution in [0, 0.1) is 5.92 Å². The van der Waals surface area contributed by atoms with Crippen LogP contribution in [-0.2, 0) is 17.8 Å². The number of allylic oxidation sites excluding steroid dienone is 3. The predicted molar refractivity (Wildman–Crippen MR) is 96.4 cm³/mol. The molecule has 0 aromatic carbocycles. The third kappa shape index (κ3) is 3.08. The number of carbonyl (C=O) groups is 1. The molecule has 4 aliphatic rings. The van der Waals surface area contributed by atoms with Crippen molar-refractivity contribution in [3.63, 3.8) is 0 Å². The maximum atomic E-state index is 12.1. The van der Waals surface area contributed by atoms with Crippen molar-refractivity contribution in [2.45, 2.75) is 44.8 Å². The predicted octanol–water partition coefficient (Wildman–Crippen LogP) is 2.73. The molecule has 0 radical (unpaired) electrons. The Kier molecular flexibility index (Phi) is 3.81. The van der Waals surface area contributed by atoms with Gasteiger partial charge in [0.05, 0.1) is 17.1 Å². The van der Waals surface area contributed by atoms with Crippen molar-refractivity contribution in [1.82, 2.24) is 14.8 Å². The minimum atomic E-state index is 0.198. The van der Waals surface area contributed by atoms with E-state index < -0.39 is 0 Å². The van der Waals surface area contributed by atoms with Crippen molar-refractivity contribution >= 4 is 17.2 Å². The second kappa shape index (κ2) is 6.16. The van der Waals surface area contributed by atoms with Gasteiger partial charge in [-0.25, -0.2) is 4.98 Å². The summed E-state index contributed by atoms with van der Waals surface area (Å²) in [6.45, 7) is 3.65. The minimum Gasteiger partial charge on any atom is -0.467 e. The van der Waals surface area contributed by atoms with Gasteiger partial charge in [0.2, 0.25) is 5.91 Å². The number of likely N-dealkylation sites (tertiary alicyclic amines) is 1. The van der Waals surface area contributed by atoms with Crippen LogP contribution in [0.2, 0.25) is 0 Å². The van der Waals surface area contributed by atoms with Gasteiger partial charge < -0.3 is 14.5 Å². The summed E-state index contributed by atoms with van der Waals surface area (Å²) in [6, 6.07) is 0. The van der Waals surface area contributed by atoms with E-state index in [1.165, 1.54) is 16.3 Å². The standard InChI is InChI=1S/C19H23N3O2S/c23-18(13-4-5-13)21-9-6-15(7-10-21)24-19-20-16-8-11-22(12-17(16)25-19)14-2-1-3-14/h1-3,13,15H,4-12H2. The Morgan fingerprint density at radius 2 is 2.00 bits per heavy atom. The van der Waals surface area contributed by atoms with Crippen LogP contribution >= 0.6 is 11.3 Å². The Hall–Kier alpha value is -1.82. The van der Waals surface area contributed by atoms with E-state index in [1.54, 1.807) is 11.3 Å². The van der Waals surface area contributed by atoms with Gasteiger partial charge in [-0.05, 0) is 25.0 Å². The van der Waals surface area contributed by atoms with E-state index in [9.17, 15) is 4.79 Å². The molecule has 1 saturated heterocycles. The number of rotatable bonds is 4. The van der Waals surface area contributed by atoms with Crippen molar-refractivity contribution in [2.75, 3.05) is 19.6 Å². The van der Waals surface area contributed by atoms with Gasteiger partial charge in [-0.1, -0.05) is 17.4 Å². The zero-order chi connectivity index (χ0) is 16.8. The maximum absolute atomic E-state index is 12.1. The maximum Gasteiger partial charge on any atom is 0.273 e. The zero-order valence-corrected chi connectivity index (χ0v) is 15.1. The van der Waals surface area contributed by atoms with E-state index in [0.717, 1.165) is 63.5 Å². The van der Waals surface area contributed by atoms with Gasteiger partial charge in [0.1, 0.15) is 6.10 Å². The van der Waals surface area contributed by atoms with Gasteiger partial charge in [-0.2, -0.15) is 0 Å². The van der Waals surface area contributed by atoms with Gasteiger partial charge in [0.25, 0.3) is 5.19 Å². The van der Waals surface area contributed by atoms with Crippen LogP contribution in [0.15, 0.2) is 23.9 Å². The topological polar surface area (TPSA) is 45.7 Å². The highest BCUT2D eigenvalue weighted by Gasteiger charge is 2.35. The molecule has 0 bridgehead atoms. The van der Waals surface area contributed by atoms with E-state index >= 15 is 0 Å². The molecule has 0 N–H and O–H groups in total. The lowest BCUT2D eigenvalue weighted by molar-refractivity contribution is -0.134. The molecule has 2 aliphatic carbocycles. The molecule has 5 nitrogen and oxygen atoms in total. The largest absolute Gasteiger partial charge is 0.467 e. The average molecular weight is 357 g/mol. The molecule has 132 valence electrons. The lowest BCUT2D eigenvalue weighted by atomic mass is 10.1. The van der Waals surface area contributed by atoms with Crippen molar-refractivity contribution < 1.29 is 9.53 Å². The molecule has 25 heavy (non-hydrogen) atoms.